The molecule has 0 unspecified atom stereocenters. The number of carboxylic acid groups (broad SMARTS) is 1. The molecule has 0 atom stereocenters. The van der Waals surface area contributed by atoms with E-state index in [4.69, 9.17) is 5.11 Å². The molecule has 0 saturated carbocycles. The molecule has 0 aromatic heterocycles. The summed E-state index contributed by atoms with van der Waals surface area (Å²) in [7, 11) is 0. The first-order valence-corrected chi connectivity index (χ1v) is 7.33. The maximum atomic E-state index is 11.0. The summed E-state index contributed by atoms with van der Waals surface area (Å²) in [5, 5.41) is 10.0. The standard InChI is InChI=1S/C14H12O2Se/c15-14(16)12-8-4-5-9-13(12)17-10-11-6-2-1-3-7-11/h1-9H,10H2,(H,15,16). The number of hydrogen-bond donors (Lipinski definition) is 1. The van der Waals surface area contributed by atoms with Crippen LogP contribution in [0, 0.1) is 0 Å². The van der Waals surface area contributed by atoms with Gasteiger partial charge in [0.25, 0.3) is 0 Å². The van der Waals surface area contributed by atoms with Crippen molar-refractivity contribution in [2.24, 2.45) is 0 Å². The summed E-state index contributed by atoms with van der Waals surface area (Å²) in [6.45, 7) is 0. The predicted octanol–water partition coefficient (Wildman–Crippen LogP) is 1.91. The van der Waals surface area contributed by atoms with Crippen LogP contribution in [0.25, 0.3) is 0 Å². The molecule has 0 aliphatic carbocycles. The normalized spacial score (nSPS) is 10.1. The van der Waals surface area contributed by atoms with Crippen LogP contribution in [0.5, 0.6) is 0 Å². The van der Waals surface area contributed by atoms with Gasteiger partial charge in [0.2, 0.25) is 0 Å². The van der Waals surface area contributed by atoms with E-state index in [0.717, 1.165) is 9.78 Å². The third kappa shape index (κ3) is 3.19. The molecule has 0 bridgehead atoms. The van der Waals surface area contributed by atoms with E-state index in [1.54, 1.807) is 12.1 Å². The van der Waals surface area contributed by atoms with Crippen LogP contribution in [0.4, 0.5) is 0 Å². The Morgan fingerprint density at radius 1 is 1.00 bits per heavy atom. The van der Waals surface area contributed by atoms with Crippen molar-refractivity contribution in [3.63, 3.8) is 0 Å². The molecule has 0 fully saturated rings. The zero-order valence-corrected chi connectivity index (χ0v) is 10.9. The molecule has 86 valence electrons. The fourth-order valence-corrected chi connectivity index (χ4v) is 3.60. The molecule has 2 rings (SSSR count). The number of carboxylic acids is 1. The van der Waals surface area contributed by atoms with E-state index in [1.807, 2.05) is 30.3 Å². The summed E-state index contributed by atoms with van der Waals surface area (Å²) in [6, 6.07) is 17.4. The Morgan fingerprint density at radius 3 is 2.35 bits per heavy atom. The van der Waals surface area contributed by atoms with Crippen molar-refractivity contribution in [3.8, 4) is 0 Å². The second kappa shape index (κ2) is 5.67. The Morgan fingerprint density at radius 2 is 1.65 bits per heavy atom. The van der Waals surface area contributed by atoms with Crippen LogP contribution in [0.2, 0.25) is 0 Å². The van der Waals surface area contributed by atoms with E-state index in [9.17, 15) is 4.79 Å². The van der Waals surface area contributed by atoms with E-state index in [0.29, 0.717) is 5.56 Å². The van der Waals surface area contributed by atoms with Gasteiger partial charge >= 0.3 is 106 Å². The van der Waals surface area contributed by atoms with Crippen LogP contribution in [-0.2, 0) is 5.32 Å². The van der Waals surface area contributed by atoms with E-state index in [2.05, 4.69) is 12.1 Å². The van der Waals surface area contributed by atoms with Crippen LogP contribution >= 0.6 is 0 Å². The molecule has 17 heavy (non-hydrogen) atoms. The van der Waals surface area contributed by atoms with Crippen molar-refractivity contribution in [1.29, 1.82) is 0 Å². The molecule has 2 aromatic carbocycles. The summed E-state index contributed by atoms with van der Waals surface area (Å²) in [5.41, 5.74) is 1.69. The summed E-state index contributed by atoms with van der Waals surface area (Å²) in [4.78, 5) is 11.0. The van der Waals surface area contributed by atoms with Crippen LogP contribution < -0.4 is 4.46 Å². The van der Waals surface area contributed by atoms with Gasteiger partial charge < -0.3 is 0 Å². The Balaban J connectivity index is 2.12. The molecule has 0 amide bonds. The zero-order valence-electron chi connectivity index (χ0n) is 9.17. The first-order valence-electron chi connectivity index (χ1n) is 5.26. The monoisotopic (exact) mass is 292 g/mol. The Bertz CT molecular complexity index is 509. The molecule has 2 nitrogen and oxygen atoms in total. The fraction of sp³-hybridized carbons (Fsp3) is 0.0714. The molecule has 0 heterocycles. The van der Waals surface area contributed by atoms with Gasteiger partial charge in [-0.25, -0.2) is 0 Å². The van der Waals surface area contributed by atoms with Crippen LogP contribution in [0.15, 0.2) is 54.6 Å². The topological polar surface area (TPSA) is 37.3 Å². The summed E-state index contributed by atoms with van der Waals surface area (Å²) >= 11 is 0.163. The van der Waals surface area contributed by atoms with Crippen molar-refractivity contribution < 1.29 is 9.90 Å². The molecule has 1 N–H and O–H groups in total. The Kier molecular flexibility index (Phi) is 3.97. The average Bonchev–Trinajstić information content (AvgIpc) is 2.38. The number of carbonyl (C=O) groups is 1. The quantitative estimate of drug-likeness (QED) is 0.874. The third-order valence-electron chi connectivity index (χ3n) is 2.35. The second-order valence-corrected chi connectivity index (χ2v) is 5.71. The zero-order chi connectivity index (χ0) is 12.1. The van der Waals surface area contributed by atoms with Crippen molar-refractivity contribution in [3.05, 3.63) is 65.7 Å². The predicted molar refractivity (Wildman–Crippen MR) is 68.9 cm³/mol. The van der Waals surface area contributed by atoms with Gasteiger partial charge in [-0.3, -0.25) is 0 Å². The molecule has 0 saturated heterocycles. The van der Waals surface area contributed by atoms with E-state index >= 15 is 0 Å². The first kappa shape index (κ1) is 11.9. The van der Waals surface area contributed by atoms with Gasteiger partial charge in [-0.05, 0) is 0 Å². The fourth-order valence-electron chi connectivity index (χ4n) is 1.50. The van der Waals surface area contributed by atoms with Gasteiger partial charge in [0, 0.05) is 0 Å². The van der Waals surface area contributed by atoms with Crippen molar-refractivity contribution in [2.75, 3.05) is 0 Å². The van der Waals surface area contributed by atoms with Gasteiger partial charge in [-0.2, -0.15) is 0 Å². The van der Waals surface area contributed by atoms with Gasteiger partial charge in [0.1, 0.15) is 0 Å². The van der Waals surface area contributed by atoms with Crippen molar-refractivity contribution in [2.45, 2.75) is 5.32 Å². The van der Waals surface area contributed by atoms with E-state index < -0.39 is 5.97 Å². The van der Waals surface area contributed by atoms with Gasteiger partial charge in [-0.15, -0.1) is 0 Å². The van der Waals surface area contributed by atoms with Crippen LogP contribution in [0.3, 0.4) is 0 Å². The SMILES string of the molecule is O=C(O)c1ccccc1[Se]Cc1ccccc1. The average molecular weight is 291 g/mol. The number of benzene rings is 2. The van der Waals surface area contributed by atoms with Crippen LogP contribution in [0.1, 0.15) is 15.9 Å². The Hall–Kier alpha value is -1.57. The van der Waals surface area contributed by atoms with Gasteiger partial charge in [0.15, 0.2) is 0 Å². The minimum absolute atomic E-state index is 0.163. The minimum atomic E-state index is -0.837. The van der Waals surface area contributed by atoms with Crippen molar-refractivity contribution >= 4 is 25.4 Å². The summed E-state index contributed by atoms with van der Waals surface area (Å²) in [5.74, 6) is -0.837. The van der Waals surface area contributed by atoms with E-state index in [-0.39, 0.29) is 15.0 Å². The molecular formula is C14H12O2Se. The molecular weight excluding hydrogens is 279 g/mol. The number of hydrogen-bond acceptors (Lipinski definition) is 1. The molecule has 3 heteroatoms. The first-order chi connectivity index (χ1) is 8.27. The van der Waals surface area contributed by atoms with Gasteiger partial charge in [0.05, 0.1) is 0 Å². The van der Waals surface area contributed by atoms with Crippen LogP contribution in [-0.4, -0.2) is 26.0 Å². The maximum absolute atomic E-state index is 11.0. The molecule has 0 spiro atoms. The molecule has 2 aromatic rings. The van der Waals surface area contributed by atoms with Gasteiger partial charge in [-0.1, -0.05) is 0 Å². The number of aromatic carboxylic acids is 1. The number of rotatable bonds is 4. The molecule has 0 aliphatic rings. The van der Waals surface area contributed by atoms with E-state index in [1.165, 1.54) is 5.56 Å². The second-order valence-electron chi connectivity index (χ2n) is 3.58. The van der Waals surface area contributed by atoms with Crippen molar-refractivity contribution in [1.82, 2.24) is 0 Å². The molecule has 0 radical (unpaired) electrons. The summed E-state index contributed by atoms with van der Waals surface area (Å²) in [6.07, 6.45) is 0. The third-order valence-corrected chi connectivity index (χ3v) is 4.76. The summed E-state index contributed by atoms with van der Waals surface area (Å²) < 4.78 is 0.955. The molecule has 0 aliphatic heterocycles. The Labute approximate surface area is 106 Å².